The lowest BCUT2D eigenvalue weighted by Crippen LogP contribution is -2.49. The third-order valence-electron chi connectivity index (χ3n) is 6.06. The summed E-state index contributed by atoms with van der Waals surface area (Å²) in [5.41, 5.74) is 1.56. The number of aliphatic carboxylic acids is 2. The fraction of sp³-hybridized carbons (Fsp3) is 0.500. The van der Waals surface area contributed by atoms with Crippen molar-refractivity contribution in [3.05, 3.63) is 54.5 Å². The molecule has 0 bridgehead atoms. The van der Waals surface area contributed by atoms with Crippen molar-refractivity contribution >= 4 is 17.8 Å². The predicted octanol–water partition coefficient (Wildman–Crippen LogP) is 4.23. The molecule has 2 aliphatic heterocycles. The minimum absolute atomic E-state index is 0.266. The maximum absolute atomic E-state index is 10.6. The number of nitrogens with zero attached hydrogens (tertiary/aromatic N) is 3. The van der Waals surface area contributed by atoms with E-state index in [0.29, 0.717) is 6.10 Å². The number of anilines is 1. The number of halogens is 6. The van der Waals surface area contributed by atoms with Gasteiger partial charge in [-0.15, -0.1) is 0 Å². The number of hydrogen-bond donors (Lipinski definition) is 3. The van der Waals surface area contributed by atoms with Crippen LogP contribution in [0.1, 0.15) is 24.8 Å². The van der Waals surface area contributed by atoms with Crippen LogP contribution in [0.3, 0.4) is 0 Å². The molecule has 3 N–H and O–H groups in total. The Bertz CT molecular complexity index is 1020. The van der Waals surface area contributed by atoms with Gasteiger partial charge in [-0.2, -0.15) is 26.3 Å². The standard InChI is InChI=1S/C20H26N4O.2C2HF3O2/c1-2-10-22-19(5-1)23-11-7-20-8-13-25-18(20)6-12-24(16-20)15-17-4-3-9-21-14-17;2*3-2(4,5)1(6)7/h1-5,9-10,14,18H,6-8,11-13,15-16H2,(H,22,23);2*(H,6,7)/t18-,20+;;/m1../s1. The molecule has 0 aliphatic carbocycles. The highest BCUT2D eigenvalue weighted by molar-refractivity contribution is 5.73. The van der Waals surface area contributed by atoms with Gasteiger partial charge in [0.2, 0.25) is 0 Å². The number of ether oxygens (including phenoxy) is 1. The van der Waals surface area contributed by atoms with E-state index in [-0.39, 0.29) is 5.41 Å². The first-order valence-corrected chi connectivity index (χ1v) is 11.7. The molecule has 2 aliphatic rings. The van der Waals surface area contributed by atoms with Gasteiger partial charge in [-0.05, 0) is 43.0 Å². The molecule has 0 amide bonds. The fourth-order valence-corrected chi connectivity index (χ4v) is 4.29. The number of carboxylic acids is 2. The van der Waals surface area contributed by atoms with E-state index >= 15 is 0 Å². The van der Waals surface area contributed by atoms with Gasteiger partial charge in [0.15, 0.2) is 0 Å². The van der Waals surface area contributed by atoms with Crippen LogP contribution >= 0.6 is 0 Å². The van der Waals surface area contributed by atoms with Gasteiger partial charge < -0.3 is 20.3 Å². The normalized spacial score (nSPS) is 20.9. The predicted molar refractivity (Wildman–Crippen MR) is 126 cm³/mol. The summed E-state index contributed by atoms with van der Waals surface area (Å²) in [6.45, 7) is 5.04. The van der Waals surface area contributed by atoms with Crippen LogP contribution in [-0.2, 0) is 20.9 Å². The molecule has 2 saturated heterocycles. The SMILES string of the molecule is O=C(O)C(F)(F)F.O=C(O)C(F)(F)F.c1ccc(NCC[C@@]23CCO[C@@H]2CCN(Cc2cccnc2)C3)nc1. The third kappa shape index (κ3) is 10.7. The molecule has 15 heteroatoms. The zero-order valence-corrected chi connectivity index (χ0v) is 20.6. The largest absolute Gasteiger partial charge is 0.490 e. The van der Waals surface area contributed by atoms with Crippen molar-refractivity contribution in [1.82, 2.24) is 14.9 Å². The number of carbonyl (C=O) groups is 2. The molecule has 0 saturated carbocycles. The van der Waals surface area contributed by atoms with E-state index in [1.54, 1.807) is 0 Å². The van der Waals surface area contributed by atoms with E-state index in [1.165, 1.54) is 5.56 Å². The first-order chi connectivity index (χ1) is 18.2. The Morgan fingerprint density at radius 1 is 1.05 bits per heavy atom. The van der Waals surface area contributed by atoms with Crippen LogP contribution < -0.4 is 5.32 Å². The summed E-state index contributed by atoms with van der Waals surface area (Å²) < 4.78 is 69.6. The molecule has 39 heavy (non-hydrogen) atoms. The summed E-state index contributed by atoms with van der Waals surface area (Å²) in [7, 11) is 0. The van der Waals surface area contributed by atoms with Gasteiger partial charge in [0.1, 0.15) is 5.82 Å². The van der Waals surface area contributed by atoms with Crippen molar-refractivity contribution in [1.29, 1.82) is 0 Å². The van der Waals surface area contributed by atoms with Crippen LogP contribution in [0.4, 0.5) is 32.2 Å². The number of hydrogen-bond acceptors (Lipinski definition) is 7. The maximum Gasteiger partial charge on any atom is 0.490 e. The number of rotatable bonds is 6. The van der Waals surface area contributed by atoms with Crippen LogP contribution in [0.15, 0.2) is 48.9 Å². The Balaban J connectivity index is 0.000000317. The number of pyridine rings is 2. The lowest BCUT2D eigenvalue weighted by Gasteiger charge is -2.44. The highest BCUT2D eigenvalue weighted by atomic mass is 19.4. The van der Waals surface area contributed by atoms with Gasteiger partial charge in [0, 0.05) is 56.8 Å². The first-order valence-electron chi connectivity index (χ1n) is 11.7. The average molecular weight is 566 g/mol. The summed E-state index contributed by atoms with van der Waals surface area (Å²) in [6, 6.07) is 10.2. The summed E-state index contributed by atoms with van der Waals surface area (Å²) >= 11 is 0. The fourth-order valence-electron chi connectivity index (χ4n) is 4.29. The van der Waals surface area contributed by atoms with Crippen LogP contribution in [-0.4, -0.2) is 81.7 Å². The quantitative estimate of drug-likeness (QED) is 0.441. The van der Waals surface area contributed by atoms with Gasteiger partial charge in [-0.25, -0.2) is 14.6 Å². The molecule has 4 rings (SSSR count). The smallest absolute Gasteiger partial charge is 0.475 e. The van der Waals surface area contributed by atoms with Gasteiger partial charge in [0.05, 0.1) is 6.10 Å². The molecular formula is C24H28F6N4O5. The Morgan fingerprint density at radius 3 is 2.26 bits per heavy atom. The molecule has 0 spiro atoms. The van der Waals surface area contributed by atoms with E-state index in [2.05, 4.69) is 26.3 Å². The molecule has 2 fully saturated rings. The zero-order valence-electron chi connectivity index (χ0n) is 20.6. The van der Waals surface area contributed by atoms with Crippen LogP contribution in [0.25, 0.3) is 0 Å². The highest BCUT2D eigenvalue weighted by Gasteiger charge is 2.47. The van der Waals surface area contributed by atoms with E-state index in [0.717, 1.165) is 57.9 Å². The maximum atomic E-state index is 10.6. The molecule has 2 atom stereocenters. The van der Waals surface area contributed by atoms with E-state index in [4.69, 9.17) is 24.5 Å². The summed E-state index contributed by atoms with van der Waals surface area (Å²) in [5, 5.41) is 17.7. The second-order valence-electron chi connectivity index (χ2n) is 8.83. The Hall–Kier alpha value is -3.46. The van der Waals surface area contributed by atoms with Crippen molar-refractivity contribution in [2.24, 2.45) is 5.41 Å². The topological polar surface area (TPSA) is 125 Å². The van der Waals surface area contributed by atoms with Crippen LogP contribution in [0.5, 0.6) is 0 Å². The molecule has 2 aromatic rings. The van der Waals surface area contributed by atoms with Gasteiger partial charge >= 0.3 is 24.3 Å². The number of likely N-dealkylation sites (tertiary alicyclic amines) is 1. The van der Waals surface area contributed by atoms with Gasteiger partial charge in [0.25, 0.3) is 0 Å². The van der Waals surface area contributed by atoms with Crippen molar-refractivity contribution in [3.8, 4) is 0 Å². The van der Waals surface area contributed by atoms with Crippen molar-refractivity contribution < 1.29 is 50.9 Å². The van der Waals surface area contributed by atoms with E-state index < -0.39 is 24.3 Å². The monoisotopic (exact) mass is 566 g/mol. The number of alkyl halides is 6. The molecule has 4 heterocycles. The number of nitrogens with one attached hydrogen (secondary N) is 1. The summed E-state index contributed by atoms with van der Waals surface area (Å²) in [6.07, 6.45) is -0.702. The summed E-state index contributed by atoms with van der Waals surface area (Å²) in [4.78, 5) is 29.0. The minimum atomic E-state index is -5.08. The van der Waals surface area contributed by atoms with Gasteiger partial charge in [-0.3, -0.25) is 9.88 Å². The molecule has 216 valence electrons. The Kier molecular flexibility index (Phi) is 11.5. The second-order valence-corrected chi connectivity index (χ2v) is 8.83. The molecule has 0 unspecified atom stereocenters. The first kappa shape index (κ1) is 31.8. The summed E-state index contributed by atoms with van der Waals surface area (Å²) in [5.74, 6) is -4.56. The number of aromatic nitrogens is 2. The molecule has 9 nitrogen and oxygen atoms in total. The average Bonchev–Trinajstić information content (AvgIpc) is 3.28. The molecular weight excluding hydrogens is 538 g/mol. The second kappa shape index (κ2) is 14.1. The number of carboxylic acid groups (broad SMARTS) is 2. The van der Waals surface area contributed by atoms with Crippen molar-refractivity contribution in [2.45, 2.75) is 44.3 Å². The van der Waals surface area contributed by atoms with Crippen molar-refractivity contribution in [2.75, 3.05) is 31.6 Å². The number of fused-ring (bicyclic) bond motifs is 1. The zero-order chi connectivity index (χ0) is 29.1. The molecule has 0 aromatic carbocycles. The van der Waals surface area contributed by atoms with E-state index in [1.807, 2.05) is 42.9 Å². The van der Waals surface area contributed by atoms with Crippen LogP contribution in [0.2, 0.25) is 0 Å². The molecule has 0 radical (unpaired) electrons. The van der Waals surface area contributed by atoms with Crippen molar-refractivity contribution in [3.63, 3.8) is 0 Å². The highest BCUT2D eigenvalue weighted by Crippen LogP contribution is 2.43. The lowest BCUT2D eigenvalue weighted by molar-refractivity contribution is -0.193. The lowest BCUT2D eigenvalue weighted by atomic mass is 9.74. The Labute approximate surface area is 219 Å². The van der Waals surface area contributed by atoms with E-state index in [9.17, 15) is 26.3 Å². The Morgan fingerprint density at radius 2 is 1.72 bits per heavy atom. The number of piperidine rings is 1. The van der Waals surface area contributed by atoms with Crippen LogP contribution in [0, 0.1) is 5.41 Å². The molecule has 2 aromatic heterocycles. The third-order valence-corrected chi connectivity index (χ3v) is 6.06. The minimum Gasteiger partial charge on any atom is -0.475 e. The van der Waals surface area contributed by atoms with Gasteiger partial charge in [-0.1, -0.05) is 12.1 Å².